The number of carbonyl (C=O) groups is 3. The highest BCUT2D eigenvalue weighted by Gasteiger charge is 2.63. The van der Waals surface area contributed by atoms with Crippen LogP contribution < -0.4 is 11.1 Å². The molecule has 0 bridgehead atoms. The summed E-state index contributed by atoms with van der Waals surface area (Å²) in [4.78, 5) is 40.3. The molecule has 0 radical (unpaired) electrons. The van der Waals surface area contributed by atoms with Crippen LogP contribution in [0.5, 0.6) is 5.75 Å². The van der Waals surface area contributed by atoms with Crippen LogP contribution in [0.1, 0.15) is 27.9 Å². The molecule has 3 aliphatic carbocycles. The van der Waals surface area contributed by atoms with E-state index in [4.69, 9.17) is 5.73 Å². The van der Waals surface area contributed by atoms with E-state index in [1.54, 1.807) is 27.2 Å². The van der Waals surface area contributed by atoms with Crippen LogP contribution in [-0.2, 0) is 16.0 Å². The molecule has 0 aliphatic heterocycles. The van der Waals surface area contributed by atoms with Crippen molar-refractivity contribution in [3.05, 3.63) is 51.5 Å². The van der Waals surface area contributed by atoms with Gasteiger partial charge in [0.25, 0.3) is 5.91 Å². The molecule has 184 valence electrons. The number of likely N-dealkylation sites (N-methyl/N-ethyl adjacent to an activating group) is 1. The molecule has 4 rings (SSSR count). The number of aromatic hydroxyl groups is 1. The van der Waals surface area contributed by atoms with Crippen LogP contribution in [0.15, 0.2) is 34.8 Å². The Morgan fingerprint density at radius 2 is 1.94 bits per heavy atom. The van der Waals surface area contributed by atoms with E-state index in [9.17, 15) is 34.8 Å². The van der Waals surface area contributed by atoms with Crippen molar-refractivity contribution in [1.29, 1.82) is 0 Å². The normalized spacial score (nSPS) is 27.7. The standard InChI is InChI=1S/C25H27N3O7/c1-27-8-4-5-11-6-7-15(29)17-13(11)9-12-10-14-19(28(2)3)21(31)18(24(26)34)23(33)25(14,35)22(32)16(12)20(17)30/h6-7,12,14,19,27,29,31-32,35H,8-10H2,1-3H3,(H2,26,34)/t12-,14-,19+,25+/m0/s1. The summed E-state index contributed by atoms with van der Waals surface area (Å²) >= 11 is 0. The SMILES string of the molecule is CNCC#Cc1ccc(O)c2c1C[C@H]1C[C@H]3[C@@H](N(C)C)C(O)=C(C(N)=O)C(=O)[C@]3(O)C(O)=C1C2=O. The molecule has 1 aromatic rings. The van der Waals surface area contributed by atoms with Crippen LogP contribution in [0.4, 0.5) is 0 Å². The number of allylic oxidation sites excluding steroid dienone is 1. The van der Waals surface area contributed by atoms with Gasteiger partial charge in [0, 0.05) is 17.1 Å². The van der Waals surface area contributed by atoms with Crippen molar-refractivity contribution in [2.45, 2.75) is 24.5 Å². The highest BCUT2D eigenvalue weighted by Crippen LogP contribution is 2.52. The molecular weight excluding hydrogens is 454 g/mol. The molecule has 0 unspecified atom stereocenters. The first-order valence-corrected chi connectivity index (χ1v) is 11.1. The zero-order valence-corrected chi connectivity index (χ0v) is 19.5. The van der Waals surface area contributed by atoms with Gasteiger partial charge in [-0.3, -0.25) is 19.3 Å². The van der Waals surface area contributed by atoms with Crippen molar-refractivity contribution in [2.24, 2.45) is 17.6 Å². The number of benzene rings is 1. The number of nitrogens with two attached hydrogens (primary N) is 1. The monoisotopic (exact) mass is 481 g/mol. The van der Waals surface area contributed by atoms with Gasteiger partial charge in [-0.2, -0.15) is 0 Å². The molecule has 0 saturated carbocycles. The third kappa shape index (κ3) is 3.43. The number of phenols is 1. The molecule has 10 heteroatoms. The number of nitrogens with one attached hydrogen (secondary N) is 1. The summed E-state index contributed by atoms with van der Waals surface area (Å²) in [6, 6.07) is 1.91. The number of fused-ring (bicyclic) bond motifs is 3. The number of hydrogen-bond acceptors (Lipinski definition) is 9. The number of primary amides is 1. The van der Waals surface area contributed by atoms with E-state index in [2.05, 4.69) is 17.2 Å². The van der Waals surface area contributed by atoms with Crippen molar-refractivity contribution >= 4 is 17.5 Å². The number of ketones is 2. The van der Waals surface area contributed by atoms with E-state index in [0.29, 0.717) is 17.7 Å². The predicted octanol–water partition coefficient (Wildman–Crippen LogP) is -0.308. The molecule has 35 heavy (non-hydrogen) atoms. The largest absolute Gasteiger partial charge is 0.510 e. The number of nitrogens with zero attached hydrogens (tertiary/aromatic N) is 1. The Balaban J connectivity index is 1.94. The Kier molecular flexibility index (Phi) is 5.97. The lowest BCUT2D eigenvalue weighted by Gasteiger charge is -2.50. The third-order valence-corrected chi connectivity index (χ3v) is 7.09. The van der Waals surface area contributed by atoms with Gasteiger partial charge in [0.1, 0.15) is 22.8 Å². The number of rotatable bonds is 3. The van der Waals surface area contributed by atoms with Crippen LogP contribution in [0.3, 0.4) is 0 Å². The second-order valence-corrected chi connectivity index (χ2v) is 9.28. The number of Topliss-reactive ketones (excluding diaryl/α,β-unsaturated/α-hetero) is 2. The third-order valence-electron chi connectivity index (χ3n) is 7.09. The lowest BCUT2D eigenvalue weighted by atomic mass is 9.58. The summed E-state index contributed by atoms with van der Waals surface area (Å²) in [5.41, 5.74) is 2.65. The Labute approximate surface area is 201 Å². The van der Waals surface area contributed by atoms with Gasteiger partial charge in [-0.15, -0.1) is 0 Å². The molecule has 4 atom stereocenters. The van der Waals surface area contributed by atoms with Gasteiger partial charge in [0.05, 0.1) is 18.2 Å². The molecule has 3 aliphatic rings. The zero-order valence-electron chi connectivity index (χ0n) is 19.5. The van der Waals surface area contributed by atoms with Gasteiger partial charge in [0.2, 0.25) is 5.78 Å². The highest BCUT2D eigenvalue weighted by atomic mass is 16.3. The number of phenolic OH excluding ortho intramolecular Hbond substituents is 1. The molecular formula is C25H27N3O7. The van der Waals surface area contributed by atoms with Crippen LogP contribution in [0.25, 0.3) is 0 Å². The number of hydrogen-bond donors (Lipinski definition) is 6. The van der Waals surface area contributed by atoms with Gasteiger partial charge < -0.3 is 31.5 Å². The minimum Gasteiger partial charge on any atom is -0.510 e. The summed E-state index contributed by atoms with van der Waals surface area (Å²) in [5, 5.41) is 47.0. The first-order chi connectivity index (χ1) is 16.5. The van der Waals surface area contributed by atoms with Crippen molar-refractivity contribution in [2.75, 3.05) is 27.7 Å². The van der Waals surface area contributed by atoms with Crippen LogP contribution in [0.2, 0.25) is 0 Å². The van der Waals surface area contributed by atoms with E-state index in [1.807, 2.05) is 0 Å². The number of carbonyl (C=O) groups excluding carboxylic acids is 3. The lowest BCUT2D eigenvalue weighted by Crippen LogP contribution is -2.63. The maximum absolute atomic E-state index is 13.6. The van der Waals surface area contributed by atoms with Gasteiger partial charge in [0.15, 0.2) is 11.4 Å². The van der Waals surface area contributed by atoms with Gasteiger partial charge in [-0.1, -0.05) is 11.8 Å². The van der Waals surface area contributed by atoms with Crippen molar-refractivity contribution < 1.29 is 34.8 Å². The van der Waals surface area contributed by atoms with E-state index in [-0.39, 0.29) is 29.7 Å². The topological polar surface area (TPSA) is 173 Å². The minimum absolute atomic E-state index is 0.0325. The van der Waals surface area contributed by atoms with Crippen molar-refractivity contribution in [3.8, 4) is 17.6 Å². The first kappa shape index (κ1) is 24.5. The summed E-state index contributed by atoms with van der Waals surface area (Å²) in [6.45, 7) is 0.411. The summed E-state index contributed by atoms with van der Waals surface area (Å²) in [7, 11) is 4.91. The molecule has 1 aromatic carbocycles. The van der Waals surface area contributed by atoms with Crippen LogP contribution >= 0.6 is 0 Å². The fourth-order valence-corrected chi connectivity index (χ4v) is 5.60. The number of aliphatic hydroxyl groups excluding tert-OH is 2. The second kappa shape index (κ2) is 8.53. The molecule has 10 nitrogen and oxygen atoms in total. The predicted molar refractivity (Wildman–Crippen MR) is 124 cm³/mol. The highest BCUT2D eigenvalue weighted by molar-refractivity contribution is 6.24. The van der Waals surface area contributed by atoms with Crippen LogP contribution in [-0.4, -0.2) is 82.1 Å². The van der Waals surface area contributed by atoms with Gasteiger partial charge >= 0.3 is 0 Å². The lowest BCUT2D eigenvalue weighted by molar-refractivity contribution is -0.148. The molecule has 0 fully saturated rings. The quantitative estimate of drug-likeness (QED) is 0.250. The minimum atomic E-state index is -2.65. The van der Waals surface area contributed by atoms with Crippen molar-refractivity contribution in [1.82, 2.24) is 10.2 Å². The van der Waals surface area contributed by atoms with Gasteiger partial charge in [-0.05, 0) is 57.6 Å². The molecule has 0 spiro atoms. The summed E-state index contributed by atoms with van der Waals surface area (Å²) in [6.07, 6.45) is 0.233. The molecule has 0 aromatic heterocycles. The smallest absolute Gasteiger partial charge is 0.255 e. The fourth-order valence-electron chi connectivity index (χ4n) is 5.60. The number of amides is 1. The van der Waals surface area contributed by atoms with Crippen LogP contribution in [0, 0.1) is 23.7 Å². The van der Waals surface area contributed by atoms with E-state index >= 15 is 0 Å². The summed E-state index contributed by atoms with van der Waals surface area (Å²) < 4.78 is 0. The summed E-state index contributed by atoms with van der Waals surface area (Å²) in [5.74, 6) is -0.829. The number of aliphatic hydroxyl groups is 3. The maximum Gasteiger partial charge on any atom is 0.255 e. The molecule has 0 saturated heterocycles. The van der Waals surface area contributed by atoms with Crippen molar-refractivity contribution in [3.63, 3.8) is 0 Å². The Morgan fingerprint density at radius 3 is 2.54 bits per heavy atom. The molecule has 7 N–H and O–H groups in total. The average Bonchev–Trinajstić information content (AvgIpc) is 2.77. The first-order valence-electron chi connectivity index (χ1n) is 11.1. The van der Waals surface area contributed by atoms with E-state index in [1.165, 1.54) is 11.0 Å². The van der Waals surface area contributed by atoms with E-state index < -0.39 is 58.0 Å². The molecule has 0 heterocycles. The zero-order chi connectivity index (χ0) is 25.8. The fraction of sp³-hybridized carbons (Fsp3) is 0.400. The second-order valence-electron chi connectivity index (χ2n) is 9.28. The Morgan fingerprint density at radius 1 is 1.26 bits per heavy atom. The maximum atomic E-state index is 13.6. The Bertz CT molecular complexity index is 1280. The molecule has 1 amide bonds. The van der Waals surface area contributed by atoms with Gasteiger partial charge in [-0.25, -0.2) is 0 Å². The van der Waals surface area contributed by atoms with E-state index in [0.717, 1.165) is 0 Å². The average molecular weight is 482 g/mol. The Hall–Kier alpha value is -3.65.